The van der Waals surface area contributed by atoms with Crippen LogP contribution in [0.2, 0.25) is 0 Å². The van der Waals surface area contributed by atoms with Crippen molar-refractivity contribution in [2.24, 2.45) is 45.3 Å². The maximum Gasteiger partial charge on any atom is 0.330 e. The lowest BCUT2D eigenvalue weighted by molar-refractivity contribution is -0.181. The van der Waals surface area contributed by atoms with E-state index in [-0.39, 0.29) is 33.9 Å². The molecule has 4 rings (SSSR count). The predicted molar refractivity (Wildman–Crippen MR) is 146 cm³/mol. The molecule has 6 heteroatoms. The highest BCUT2D eigenvalue weighted by atomic mass is 16.5. The highest BCUT2D eigenvalue weighted by Gasteiger charge is 2.69. The van der Waals surface area contributed by atoms with Crippen molar-refractivity contribution < 1.29 is 29.3 Å². The van der Waals surface area contributed by atoms with Crippen LogP contribution < -0.4 is 0 Å². The van der Waals surface area contributed by atoms with Crippen molar-refractivity contribution in [1.82, 2.24) is 0 Å². The molecular weight excluding hydrogens is 480 g/mol. The Bertz CT molecular complexity index is 1070. The molecule has 4 aliphatic rings. The number of allylic oxidation sites excluding steroid dienone is 3. The van der Waals surface area contributed by atoms with Crippen molar-refractivity contribution in [2.75, 3.05) is 0 Å². The number of rotatable bonds is 6. The molecule has 0 spiro atoms. The average molecular weight is 529 g/mol. The Morgan fingerprint density at radius 3 is 2.45 bits per heavy atom. The zero-order valence-corrected chi connectivity index (χ0v) is 24.6. The lowest BCUT2D eigenvalue weighted by Gasteiger charge is -2.64. The summed E-state index contributed by atoms with van der Waals surface area (Å²) in [6.45, 7) is 16.2. The molecule has 4 aliphatic carbocycles. The fourth-order valence-electron chi connectivity index (χ4n) is 9.73. The second-order valence-electron chi connectivity index (χ2n) is 14.2. The second-order valence-corrected chi connectivity index (χ2v) is 14.2. The number of esters is 1. The molecule has 38 heavy (non-hydrogen) atoms. The van der Waals surface area contributed by atoms with Gasteiger partial charge in [0.1, 0.15) is 0 Å². The summed E-state index contributed by atoms with van der Waals surface area (Å²) in [7, 11) is 0. The molecule has 0 radical (unpaired) electrons. The highest BCUT2D eigenvalue weighted by Crippen LogP contribution is 2.73. The number of ether oxygens (including phenoxy) is 1. The number of aliphatic carboxylic acids is 1. The van der Waals surface area contributed by atoms with Crippen molar-refractivity contribution in [1.29, 1.82) is 0 Å². The summed E-state index contributed by atoms with van der Waals surface area (Å²) in [5.74, 6) is -0.312. The van der Waals surface area contributed by atoms with E-state index in [0.29, 0.717) is 30.3 Å². The number of hydrogen-bond donors (Lipinski definition) is 2. The Hall–Kier alpha value is -1.95. The first-order chi connectivity index (χ1) is 17.5. The molecule has 0 heterocycles. The van der Waals surface area contributed by atoms with E-state index in [1.807, 2.05) is 19.9 Å². The first kappa shape index (κ1) is 29.0. The van der Waals surface area contributed by atoms with E-state index >= 15 is 0 Å². The van der Waals surface area contributed by atoms with Crippen molar-refractivity contribution in [3.8, 4) is 0 Å². The van der Waals surface area contributed by atoms with E-state index in [0.717, 1.165) is 32.1 Å². The molecule has 3 fully saturated rings. The summed E-state index contributed by atoms with van der Waals surface area (Å²) in [6, 6.07) is 0. The molecule has 9 atom stereocenters. The van der Waals surface area contributed by atoms with Crippen molar-refractivity contribution >= 4 is 17.7 Å². The maximum absolute atomic E-state index is 13.4. The summed E-state index contributed by atoms with van der Waals surface area (Å²) in [6.07, 6.45) is 8.68. The third-order valence-corrected chi connectivity index (χ3v) is 12.1. The number of fused-ring (bicyclic) bond motifs is 5. The number of carbonyl (C=O) groups is 3. The van der Waals surface area contributed by atoms with Crippen molar-refractivity contribution in [3.63, 3.8) is 0 Å². The molecule has 0 aromatic heterocycles. The van der Waals surface area contributed by atoms with E-state index in [2.05, 4.69) is 33.8 Å². The molecule has 0 aromatic rings. The van der Waals surface area contributed by atoms with Gasteiger partial charge >= 0.3 is 11.9 Å². The standard InChI is InChI=1S/C32H48O6/c1-18(10-9-11-19(2)28(36)37)21-14-15-31(7)22-12-13-25-29(4,5)27(35)24(38-20(3)33)17-30(25,6)23(22)16-26(34)32(21,31)8/h11-12,18,21,23-26,34H,9-10,13-17H2,1-8H3,(H,36,37)/t18-,21-,23-,24-,25+,26+,30-,31+,32+/m1/s1. The molecule has 0 aliphatic heterocycles. The number of carboxylic acid groups (broad SMARTS) is 1. The minimum absolute atomic E-state index is 0.0152. The first-order valence-electron chi connectivity index (χ1n) is 14.5. The van der Waals surface area contributed by atoms with Gasteiger partial charge in [-0.05, 0) is 86.4 Å². The van der Waals surface area contributed by atoms with Gasteiger partial charge in [-0.1, -0.05) is 59.3 Å². The lowest BCUT2D eigenvalue weighted by Crippen LogP contribution is -2.63. The van der Waals surface area contributed by atoms with Crippen LogP contribution in [0.25, 0.3) is 0 Å². The Balaban J connectivity index is 1.66. The van der Waals surface area contributed by atoms with Gasteiger partial charge in [-0.15, -0.1) is 0 Å². The van der Waals surface area contributed by atoms with Crippen molar-refractivity contribution in [3.05, 3.63) is 23.3 Å². The number of Topliss-reactive ketones (excluding diaryl/α,β-unsaturated/α-hetero) is 1. The highest BCUT2D eigenvalue weighted by molar-refractivity contribution is 5.91. The molecule has 212 valence electrons. The van der Waals surface area contributed by atoms with Crippen LogP contribution in [0.5, 0.6) is 0 Å². The molecule has 2 N–H and O–H groups in total. The van der Waals surface area contributed by atoms with Crippen LogP contribution >= 0.6 is 0 Å². The zero-order valence-electron chi connectivity index (χ0n) is 24.6. The number of hydrogen-bond acceptors (Lipinski definition) is 5. The third kappa shape index (κ3) is 4.12. The molecule has 0 amide bonds. The quantitative estimate of drug-likeness (QED) is 0.245. The maximum atomic E-state index is 13.4. The fourth-order valence-corrected chi connectivity index (χ4v) is 9.73. The van der Waals surface area contributed by atoms with Crippen molar-refractivity contribution in [2.45, 2.75) is 113 Å². The number of carbonyl (C=O) groups excluding carboxylic acids is 2. The smallest absolute Gasteiger partial charge is 0.330 e. The molecule has 0 aromatic carbocycles. The van der Waals surface area contributed by atoms with E-state index in [9.17, 15) is 24.6 Å². The largest absolute Gasteiger partial charge is 0.478 e. The minimum atomic E-state index is -0.869. The van der Waals surface area contributed by atoms with E-state index in [1.165, 1.54) is 12.5 Å². The zero-order chi connectivity index (χ0) is 28.4. The fraction of sp³-hybridized carbons (Fsp3) is 0.781. The Labute approximate surface area is 228 Å². The Morgan fingerprint density at radius 1 is 1.18 bits per heavy atom. The van der Waals surface area contributed by atoms with Crippen LogP contribution in [0.3, 0.4) is 0 Å². The number of aliphatic hydroxyl groups is 1. The summed E-state index contributed by atoms with van der Waals surface area (Å²) in [5, 5.41) is 21.2. The number of aliphatic hydroxyl groups excluding tert-OH is 1. The van der Waals surface area contributed by atoms with Crippen LogP contribution in [0, 0.1) is 45.3 Å². The molecule has 0 unspecified atom stereocenters. The Kier molecular flexibility index (Phi) is 7.34. The molecule has 0 bridgehead atoms. The molecule has 3 saturated carbocycles. The van der Waals surface area contributed by atoms with Crippen LogP contribution in [-0.4, -0.2) is 40.1 Å². The van der Waals surface area contributed by atoms with Gasteiger partial charge in [-0.3, -0.25) is 9.59 Å². The SMILES string of the molecule is CC(=O)O[C@@H]1C[C@]2(C)[C@@H]3C[C@H](O)[C@]4(C)[C@@H]([C@H](C)CCC=C(C)C(=O)O)CC[C@@]4(C)C3=CC[C@H]2C(C)(C)C1=O. The van der Waals surface area contributed by atoms with Gasteiger partial charge in [0.25, 0.3) is 0 Å². The molecule has 6 nitrogen and oxygen atoms in total. The average Bonchev–Trinajstić information content (AvgIpc) is 3.10. The van der Waals surface area contributed by atoms with Crippen LogP contribution in [0.1, 0.15) is 100 Å². The lowest BCUT2D eigenvalue weighted by atomic mass is 9.40. The van der Waals surface area contributed by atoms with Gasteiger partial charge in [-0.2, -0.15) is 0 Å². The second kappa shape index (κ2) is 9.60. The van der Waals surface area contributed by atoms with E-state index < -0.39 is 29.6 Å². The Morgan fingerprint density at radius 2 is 1.84 bits per heavy atom. The predicted octanol–water partition coefficient (Wildman–Crippen LogP) is 6.12. The van der Waals surface area contributed by atoms with Gasteiger partial charge in [0.15, 0.2) is 11.9 Å². The number of carboxylic acids is 1. The molecular formula is C32H48O6. The van der Waals surface area contributed by atoms with Gasteiger partial charge in [0, 0.05) is 23.3 Å². The van der Waals surface area contributed by atoms with E-state index in [1.54, 1.807) is 6.92 Å². The number of ketones is 1. The summed E-state index contributed by atoms with van der Waals surface area (Å²) in [5.41, 5.74) is 0.519. The summed E-state index contributed by atoms with van der Waals surface area (Å²) >= 11 is 0. The normalized spacial score (nSPS) is 42.9. The van der Waals surface area contributed by atoms with E-state index in [4.69, 9.17) is 4.74 Å². The minimum Gasteiger partial charge on any atom is -0.478 e. The van der Waals surface area contributed by atoms with Crippen LogP contribution in [0.4, 0.5) is 0 Å². The van der Waals surface area contributed by atoms with Gasteiger partial charge in [0.05, 0.1) is 6.10 Å². The molecule has 0 saturated heterocycles. The first-order valence-corrected chi connectivity index (χ1v) is 14.5. The third-order valence-electron chi connectivity index (χ3n) is 12.1. The summed E-state index contributed by atoms with van der Waals surface area (Å²) in [4.78, 5) is 36.5. The van der Waals surface area contributed by atoms with Crippen LogP contribution in [0.15, 0.2) is 23.3 Å². The van der Waals surface area contributed by atoms with Gasteiger partial charge in [-0.25, -0.2) is 4.79 Å². The van der Waals surface area contributed by atoms with Crippen LogP contribution in [-0.2, 0) is 19.1 Å². The monoisotopic (exact) mass is 528 g/mol. The van der Waals surface area contributed by atoms with Gasteiger partial charge < -0.3 is 14.9 Å². The topological polar surface area (TPSA) is 101 Å². The van der Waals surface area contributed by atoms with Gasteiger partial charge in [0.2, 0.25) is 0 Å². The summed E-state index contributed by atoms with van der Waals surface area (Å²) < 4.78 is 5.60.